The van der Waals surface area contributed by atoms with E-state index in [1.165, 1.54) is 44.3 Å². The van der Waals surface area contributed by atoms with Crippen molar-refractivity contribution in [1.82, 2.24) is 4.98 Å². The molecule has 6 aromatic rings. The number of aliphatic hydroxyl groups is 1. The fourth-order valence-electron chi connectivity index (χ4n) is 7.14. The first kappa shape index (κ1) is 36.2. The van der Waals surface area contributed by atoms with Gasteiger partial charge in [0.15, 0.2) is 5.78 Å². The molecule has 0 saturated carbocycles. The fourth-order valence-corrected chi connectivity index (χ4v) is 7.14. The van der Waals surface area contributed by atoms with Crippen LogP contribution in [0.3, 0.4) is 0 Å². The minimum Gasteiger partial charge on any atom is -0.512 e. The Balaban J connectivity index is 0.000000252. The first-order valence-electron chi connectivity index (χ1n) is 17.4. The summed E-state index contributed by atoms with van der Waals surface area (Å²) in [5.41, 5.74) is 7.35. The van der Waals surface area contributed by atoms with Crippen molar-refractivity contribution in [2.45, 2.75) is 79.6 Å². The van der Waals surface area contributed by atoms with E-state index in [1.807, 2.05) is 33.9 Å². The Morgan fingerprint density at radius 2 is 1.59 bits per heavy atom. The normalized spacial score (nSPS) is 12.7. The number of rotatable bonds is 8. The number of fused-ring (bicyclic) bond motifs is 5. The van der Waals surface area contributed by atoms with Crippen molar-refractivity contribution >= 4 is 61.4 Å². The SMILES string of the molecule is CC(C)(C)c1cc(-c2nccc3c2oc2cc4cccc5c4c(c23)C=C5)[c-]c2ccccc12.CCC(CC)C(=O)/C=C(\O)C(CC)CC.[Ir]. The minimum absolute atomic E-state index is 0. The summed E-state index contributed by atoms with van der Waals surface area (Å²) in [7, 11) is 0. The zero-order valence-corrected chi connectivity index (χ0v) is 32.0. The van der Waals surface area contributed by atoms with Crippen LogP contribution in [-0.2, 0) is 30.3 Å². The van der Waals surface area contributed by atoms with Gasteiger partial charge in [-0.05, 0) is 65.1 Å². The van der Waals surface area contributed by atoms with Gasteiger partial charge < -0.3 is 9.52 Å². The zero-order valence-electron chi connectivity index (χ0n) is 29.6. The van der Waals surface area contributed by atoms with Crippen LogP contribution in [0.25, 0.3) is 66.9 Å². The monoisotopic (exact) mass is 829 g/mol. The molecule has 255 valence electrons. The Bertz CT molecular complexity index is 2210. The molecule has 0 bridgehead atoms. The molecule has 0 aliphatic heterocycles. The summed E-state index contributed by atoms with van der Waals surface area (Å²) in [5.74, 6) is 0.547. The Morgan fingerprint density at radius 1 is 0.878 bits per heavy atom. The van der Waals surface area contributed by atoms with Crippen LogP contribution in [-0.4, -0.2) is 15.9 Å². The van der Waals surface area contributed by atoms with E-state index < -0.39 is 0 Å². The number of aromatic nitrogens is 1. The van der Waals surface area contributed by atoms with Crippen LogP contribution >= 0.6 is 0 Å². The first-order chi connectivity index (χ1) is 23.1. The van der Waals surface area contributed by atoms with Crippen molar-refractivity contribution in [2.24, 2.45) is 11.8 Å². The number of nitrogens with zero attached hydrogens (tertiary/aromatic N) is 1. The smallest absolute Gasteiger partial charge is 0.162 e. The molecule has 1 aliphatic rings. The van der Waals surface area contributed by atoms with Gasteiger partial charge in [-0.25, -0.2) is 0 Å². The molecule has 0 amide bonds. The van der Waals surface area contributed by atoms with E-state index in [9.17, 15) is 9.90 Å². The summed E-state index contributed by atoms with van der Waals surface area (Å²) in [6, 6.07) is 25.0. The van der Waals surface area contributed by atoms with E-state index >= 15 is 0 Å². The van der Waals surface area contributed by atoms with Gasteiger partial charge in [0, 0.05) is 60.7 Å². The molecule has 7 rings (SSSR count). The average Bonchev–Trinajstić information content (AvgIpc) is 3.67. The molecule has 49 heavy (non-hydrogen) atoms. The Kier molecular flexibility index (Phi) is 11.0. The van der Waals surface area contributed by atoms with Crippen LogP contribution in [0, 0.1) is 17.9 Å². The molecular weight excluding hydrogens is 783 g/mol. The molecule has 0 saturated heterocycles. The molecule has 5 heteroatoms. The molecule has 1 N–H and O–H groups in total. The first-order valence-corrected chi connectivity index (χ1v) is 17.4. The van der Waals surface area contributed by atoms with E-state index in [-0.39, 0.29) is 48.9 Å². The Hall–Kier alpha value is -4.05. The molecule has 4 nitrogen and oxygen atoms in total. The van der Waals surface area contributed by atoms with E-state index in [1.54, 1.807) is 0 Å². The number of hydrogen-bond acceptors (Lipinski definition) is 4. The third kappa shape index (κ3) is 6.89. The van der Waals surface area contributed by atoms with Gasteiger partial charge in [0.25, 0.3) is 0 Å². The molecule has 0 spiro atoms. The van der Waals surface area contributed by atoms with Crippen molar-refractivity contribution in [3.05, 3.63) is 101 Å². The van der Waals surface area contributed by atoms with Gasteiger partial charge in [0.2, 0.25) is 0 Å². The number of carbonyl (C=O) groups excluding carboxylic acids is 1. The number of benzene rings is 4. The van der Waals surface area contributed by atoms with Crippen LogP contribution in [0.5, 0.6) is 0 Å². The summed E-state index contributed by atoms with van der Waals surface area (Å²) in [4.78, 5) is 16.5. The maximum Gasteiger partial charge on any atom is 0.162 e. The Morgan fingerprint density at radius 3 is 2.29 bits per heavy atom. The Labute approximate surface area is 303 Å². The molecule has 1 aliphatic carbocycles. The van der Waals surface area contributed by atoms with Gasteiger partial charge in [0.1, 0.15) is 11.2 Å². The second-order valence-corrected chi connectivity index (χ2v) is 14.0. The predicted molar refractivity (Wildman–Crippen MR) is 202 cm³/mol. The van der Waals surface area contributed by atoms with Gasteiger partial charge in [-0.2, -0.15) is 0 Å². The number of hydrogen-bond donors (Lipinski definition) is 1. The van der Waals surface area contributed by atoms with E-state index in [0.29, 0.717) is 0 Å². The molecule has 2 aromatic heterocycles. The maximum absolute atomic E-state index is 11.7. The minimum atomic E-state index is -0.00390. The van der Waals surface area contributed by atoms with Crippen LogP contribution < -0.4 is 0 Å². The number of ketones is 1. The standard InChI is InChI=1S/C31H22NO.C13H24O2.Ir/c1-31(2,3)25-16-21(15-19-7-4-5-10-22(19)25)29-30-24(13-14-32-29)28-23-12-11-18-8-6-9-20(27(18)23)17-26(28)33-30;1-5-10(6-2)12(14)9-13(15)11(7-3)8-4;/h4-14,16-17H,1-3H3;9-11,14H,5-8H2,1-4H3;/q-1;;/b;12-9-;. The van der Waals surface area contributed by atoms with Crippen molar-refractivity contribution < 1.29 is 34.4 Å². The quantitative estimate of drug-likeness (QED) is 0.0941. The third-order valence-electron chi connectivity index (χ3n) is 9.94. The van der Waals surface area contributed by atoms with Gasteiger partial charge in [0.05, 0.1) is 5.76 Å². The van der Waals surface area contributed by atoms with Crippen LogP contribution in [0.1, 0.15) is 90.8 Å². The van der Waals surface area contributed by atoms with Crippen LogP contribution in [0.4, 0.5) is 0 Å². The van der Waals surface area contributed by atoms with E-state index in [0.717, 1.165) is 58.9 Å². The molecule has 4 aromatic carbocycles. The van der Waals surface area contributed by atoms with Crippen molar-refractivity contribution in [3.63, 3.8) is 0 Å². The average molecular weight is 829 g/mol. The maximum atomic E-state index is 11.7. The van der Waals surface area contributed by atoms with Crippen molar-refractivity contribution in [2.75, 3.05) is 0 Å². The molecule has 0 unspecified atom stereocenters. The van der Waals surface area contributed by atoms with E-state index in [2.05, 4.69) is 99.7 Å². The van der Waals surface area contributed by atoms with Crippen LogP contribution in [0.2, 0.25) is 0 Å². The van der Waals surface area contributed by atoms with Gasteiger partial charge in [-0.15, -0.1) is 29.1 Å². The summed E-state index contributed by atoms with van der Waals surface area (Å²) >= 11 is 0. The third-order valence-corrected chi connectivity index (χ3v) is 9.94. The van der Waals surface area contributed by atoms with Crippen molar-refractivity contribution in [3.8, 4) is 11.3 Å². The zero-order chi connectivity index (χ0) is 34.2. The topological polar surface area (TPSA) is 63.3 Å². The largest absolute Gasteiger partial charge is 0.512 e. The molecule has 1 radical (unpaired) electrons. The predicted octanol–water partition coefficient (Wildman–Crippen LogP) is 12.4. The summed E-state index contributed by atoms with van der Waals surface area (Å²) in [6.45, 7) is 14.8. The fraction of sp³-hybridized carbons (Fsp3) is 0.318. The molecule has 0 atom stereocenters. The molecular formula is C44H46IrNO3-. The number of allylic oxidation sites excluding steroid dienone is 2. The number of aliphatic hydroxyl groups excluding tert-OH is 1. The number of pyridine rings is 1. The second kappa shape index (κ2) is 14.8. The summed E-state index contributed by atoms with van der Waals surface area (Å²) < 4.78 is 6.53. The number of carbonyl (C=O) groups is 1. The van der Waals surface area contributed by atoms with Gasteiger partial charge >= 0.3 is 0 Å². The summed E-state index contributed by atoms with van der Waals surface area (Å²) in [6.07, 6.45) is 11.2. The number of furan rings is 1. The van der Waals surface area contributed by atoms with Crippen molar-refractivity contribution in [1.29, 1.82) is 0 Å². The van der Waals surface area contributed by atoms with E-state index in [4.69, 9.17) is 9.40 Å². The molecule has 0 fully saturated rings. The van der Waals surface area contributed by atoms with Crippen LogP contribution in [0.15, 0.2) is 83.1 Å². The molecule has 2 heterocycles. The second-order valence-electron chi connectivity index (χ2n) is 14.0. The summed E-state index contributed by atoms with van der Waals surface area (Å²) in [5, 5.41) is 16.9. The van der Waals surface area contributed by atoms with Gasteiger partial charge in [-0.3, -0.25) is 9.78 Å². The van der Waals surface area contributed by atoms with Gasteiger partial charge in [-0.1, -0.05) is 108 Å².